The molecule has 2 rings (SSSR count). The van der Waals surface area contributed by atoms with Crippen molar-refractivity contribution in [1.82, 2.24) is 5.43 Å². The maximum absolute atomic E-state index is 5.24. The molecule has 0 unspecified atom stereocenters. The van der Waals surface area contributed by atoms with Gasteiger partial charge in [-0.25, -0.2) is 0 Å². The Morgan fingerprint density at radius 3 is 2.45 bits per heavy atom. The number of thiophene rings is 1. The third-order valence-electron chi connectivity index (χ3n) is 2.84. The average Bonchev–Trinajstić information content (AvgIpc) is 2.80. The smallest absolute Gasteiger partial charge is 0.191 e. The summed E-state index contributed by atoms with van der Waals surface area (Å²) in [5, 5.41) is 7.81. The van der Waals surface area contributed by atoms with Gasteiger partial charge in [0.1, 0.15) is 0 Å². The molecule has 5 heteroatoms. The molecule has 1 aromatic carbocycles. The number of anilines is 1. The molecule has 2 aromatic rings. The minimum atomic E-state index is 0.493. The molecule has 0 aliphatic carbocycles. The Kier molecular flexibility index (Phi) is 4.87. The monoisotopic (exact) mass is 303 g/mol. The van der Waals surface area contributed by atoms with Crippen LogP contribution in [-0.4, -0.2) is 11.3 Å². The highest BCUT2D eigenvalue weighted by Crippen LogP contribution is 2.19. The Balaban J connectivity index is 1.94. The van der Waals surface area contributed by atoms with Gasteiger partial charge in [0.15, 0.2) is 5.11 Å². The first kappa shape index (κ1) is 14.7. The molecule has 1 heterocycles. The first-order chi connectivity index (χ1) is 9.56. The van der Waals surface area contributed by atoms with Crippen molar-refractivity contribution in [1.29, 1.82) is 0 Å². The van der Waals surface area contributed by atoms with Gasteiger partial charge >= 0.3 is 0 Å². The van der Waals surface area contributed by atoms with Crippen LogP contribution in [0.1, 0.15) is 20.9 Å². The van der Waals surface area contributed by atoms with Crippen molar-refractivity contribution in [2.75, 3.05) is 5.32 Å². The molecule has 0 aliphatic rings. The number of hydrogen-bond acceptors (Lipinski definition) is 3. The molecule has 0 amide bonds. The Hall–Kier alpha value is -1.72. The van der Waals surface area contributed by atoms with E-state index in [0.29, 0.717) is 5.11 Å². The highest BCUT2D eigenvalue weighted by molar-refractivity contribution is 7.80. The molecule has 0 saturated carbocycles. The molecule has 3 nitrogen and oxygen atoms in total. The number of para-hydroxylation sites is 1. The van der Waals surface area contributed by atoms with Crippen molar-refractivity contribution < 1.29 is 0 Å². The number of thiocarbonyl (C=S) groups is 1. The van der Waals surface area contributed by atoms with Crippen LogP contribution in [0.2, 0.25) is 0 Å². The van der Waals surface area contributed by atoms with Gasteiger partial charge in [-0.1, -0.05) is 18.2 Å². The van der Waals surface area contributed by atoms with Crippen LogP contribution in [0.3, 0.4) is 0 Å². The molecular weight excluding hydrogens is 286 g/mol. The standard InChI is InChI=1S/C15H17N3S2/c1-10-5-4-6-11(2)14(10)17-15(19)18-16-9-13-8-7-12(3)20-13/h4-9H,1-3H3,(H2,17,18,19)/b16-9+. The molecule has 0 aliphatic heterocycles. The minimum absolute atomic E-state index is 0.493. The maximum atomic E-state index is 5.24. The van der Waals surface area contributed by atoms with Gasteiger partial charge in [-0.2, -0.15) is 5.10 Å². The van der Waals surface area contributed by atoms with E-state index in [0.717, 1.165) is 21.7 Å². The number of nitrogens with one attached hydrogen (secondary N) is 2. The SMILES string of the molecule is Cc1ccc(/C=N/NC(=S)Nc2c(C)cccc2C)s1. The summed E-state index contributed by atoms with van der Waals surface area (Å²) in [6.45, 7) is 6.17. The summed E-state index contributed by atoms with van der Waals surface area (Å²) in [7, 11) is 0. The van der Waals surface area contributed by atoms with Crippen LogP contribution >= 0.6 is 23.6 Å². The number of hydrogen-bond donors (Lipinski definition) is 2. The van der Waals surface area contributed by atoms with Gasteiger partial charge in [0.05, 0.1) is 6.21 Å². The van der Waals surface area contributed by atoms with Gasteiger partial charge in [0.25, 0.3) is 0 Å². The van der Waals surface area contributed by atoms with E-state index in [2.05, 4.69) is 54.8 Å². The van der Waals surface area contributed by atoms with Crippen LogP contribution in [-0.2, 0) is 0 Å². The van der Waals surface area contributed by atoms with Crippen LogP contribution in [0.15, 0.2) is 35.4 Å². The fraction of sp³-hybridized carbons (Fsp3) is 0.200. The van der Waals surface area contributed by atoms with Crippen LogP contribution < -0.4 is 10.7 Å². The highest BCUT2D eigenvalue weighted by atomic mass is 32.1. The lowest BCUT2D eigenvalue weighted by molar-refractivity contribution is 1.05. The molecule has 2 N–H and O–H groups in total. The molecule has 20 heavy (non-hydrogen) atoms. The zero-order valence-electron chi connectivity index (χ0n) is 11.7. The highest BCUT2D eigenvalue weighted by Gasteiger charge is 2.03. The molecule has 1 aromatic heterocycles. The van der Waals surface area contributed by atoms with E-state index in [1.165, 1.54) is 4.88 Å². The average molecular weight is 303 g/mol. The van der Waals surface area contributed by atoms with Crippen molar-refractivity contribution in [3.63, 3.8) is 0 Å². The zero-order chi connectivity index (χ0) is 14.5. The van der Waals surface area contributed by atoms with Crippen molar-refractivity contribution in [2.45, 2.75) is 20.8 Å². The van der Waals surface area contributed by atoms with E-state index in [1.54, 1.807) is 17.6 Å². The molecule has 0 fully saturated rings. The van der Waals surface area contributed by atoms with Gasteiger partial charge in [-0.15, -0.1) is 11.3 Å². The first-order valence-electron chi connectivity index (χ1n) is 6.29. The second-order valence-electron chi connectivity index (χ2n) is 4.54. The van der Waals surface area contributed by atoms with E-state index in [9.17, 15) is 0 Å². The molecule has 0 radical (unpaired) electrons. The van der Waals surface area contributed by atoms with Gasteiger partial charge in [0, 0.05) is 15.4 Å². The lowest BCUT2D eigenvalue weighted by Gasteiger charge is -2.12. The van der Waals surface area contributed by atoms with Crippen molar-refractivity contribution in [3.8, 4) is 0 Å². The number of benzene rings is 1. The quantitative estimate of drug-likeness (QED) is 0.511. The topological polar surface area (TPSA) is 36.4 Å². The third-order valence-corrected chi connectivity index (χ3v) is 3.97. The number of hydrazone groups is 1. The van der Waals surface area contributed by atoms with Gasteiger partial charge in [-0.3, -0.25) is 5.43 Å². The maximum Gasteiger partial charge on any atom is 0.191 e. The Labute approximate surface area is 128 Å². The normalized spacial score (nSPS) is 10.8. The third kappa shape index (κ3) is 3.88. The molecule has 104 valence electrons. The van der Waals surface area contributed by atoms with Gasteiger partial charge < -0.3 is 5.32 Å². The van der Waals surface area contributed by atoms with E-state index < -0.39 is 0 Å². The van der Waals surface area contributed by atoms with Crippen LogP contribution in [0.4, 0.5) is 5.69 Å². The summed E-state index contributed by atoms with van der Waals surface area (Å²) >= 11 is 6.94. The fourth-order valence-electron chi connectivity index (χ4n) is 1.83. The molecule has 0 bridgehead atoms. The lowest BCUT2D eigenvalue weighted by atomic mass is 10.1. The Morgan fingerprint density at radius 1 is 1.15 bits per heavy atom. The Morgan fingerprint density at radius 2 is 1.85 bits per heavy atom. The van der Waals surface area contributed by atoms with Gasteiger partial charge in [0.2, 0.25) is 0 Å². The van der Waals surface area contributed by atoms with Crippen LogP contribution in [0.25, 0.3) is 0 Å². The second-order valence-corrected chi connectivity index (χ2v) is 6.27. The first-order valence-corrected chi connectivity index (χ1v) is 7.51. The number of rotatable bonds is 3. The van der Waals surface area contributed by atoms with Crippen LogP contribution in [0.5, 0.6) is 0 Å². The largest absolute Gasteiger partial charge is 0.331 e. The lowest BCUT2D eigenvalue weighted by Crippen LogP contribution is -2.24. The van der Waals surface area contributed by atoms with Crippen molar-refractivity contribution in [2.24, 2.45) is 5.10 Å². The second kappa shape index (κ2) is 6.63. The Bertz CT molecular complexity index is 624. The van der Waals surface area contributed by atoms with E-state index >= 15 is 0 Å². The predicted molar refractivity (Wildman–Crippen MR) is 91.9 cm³/mol. The summed E-state index contributed by atoms with van der Waals surface area (Å²) in [6.07, 6.45) is 1.77. The summed E-state index contributed by atoms with van der Waals surface area (Å²) in [5.41, 5.74) is 6.19. The van der Waals surface area contributed by atoms with E-state index in [1.807, 2.05) is 12.1 Å². The molecular formula is C15H17N3S2. The number of aryl methyl sites for hydroxylation is 3. The summed E-state index contributed by atoms with van der Waals surface area (Å²) in [6, 6.07) is 10.2. The molecule has 0 spiro atoms. The number of nitrogens with zero attached hydrogens (tertiary/aromatic N) is 1. The summed E-state index contributed by atoms with van der Waals surface area (Å²) in [5.74, 6) is 0. The molecule has 0 saturated heterocycles. The van der Waals surface area contributed by atoms with Crippen molar-refractivity contribution >= 4 is 40.6 Å². The fourth-order valence-corrected chi connectivity index (χ4v) is 2.73. The van der Waals surface area contributed by atoms with Crippen molar-refractivity contribution in [3.05, 3.63) is 51.2 Å². The minimum Gasteiger partial charge on any atom is -0.331 e. The summed E-state index contributed by atoms with van der Waals surface area (Å²) < 4.78 is 0. The van der Waals surface area contributed by atoms with E-state index in [-0.39, 0.29) is 0 Å². The molecule has 0 atom stereocenters. The van der Waals surface area contributed by atoms with Gasteiger partial charge in [-0.05, 0) is 56.2 Å². The van der Waals surface area contributed by atoms with Crippen LogP contribution in [0, 0.1) is 20.8 Å². The zero-order valence-corrected chi connectivity index (χ0v) is 13.4. The van der Waals surface area contributed by atoms with E-state index in [4.69, 9.17) is 12.2 Å². The summed E-state index contributed by atoms with van der Waals surface area (Å²) in [4.78, 5) is 2.37. The predicted octanol–water partition coefficient (Wildman–Crippen LogP) is 3.99.